The number of carbonyl (C=O) groups is 4. The summed E-state index contributed by atoms with van der Waals surface area (Å²) in [5.74, 6) is 6.15. The monoisotopic (exact) mass is 634 g/mol. The van der Waals surface area contributed by atoms with E-state index in [0.29, 0.717) is 48.7 Å². The van der Waals surface area contributed by atoms with Gasteiger partial charge in [0.05, 0.1) is 0 Å². The Morgan fingerprint density at radius 1 is 0.935 bits per heavy atom. The molecule has 3 heterocycles. The van der Waals surface area contributed by atoms with E-state index >= 15 is 0 Å². The van der Waals surface area contributed by atoms with Crippen molar-refractivity contribution in [1.29, 1.82) is 0 Å². The van der Waals surface area contributed by atoms with Gasteiger partial charge >= 0.3 is 12.2 Å². The SMILES string of the molecule is CCCN(C(=O)OC(C)(C)C)C(C)CC(=O)Nc1ccc(C#Cc2ccc(NC(=O)C3CCCN3C(=O)OC(C)(C)C)nc2)cn1. The molecule has 12 nitrogen and oxygen atoms in total. The highest BCUT2D eigenvalue weighted by Crippen LogP contribution is 2.22. The van der Waals surface area contributed by atoms with Crippen molar-refractivity contribution >= 4 is 35.6 Å². The average molecular weight is 635 g/mol. The van der Waals surface area contributed by atoms with Crippen LogP contribution in [0.25, 0.3) is 0 Å². The van der Waals surface area contributed by atoms with Gasteiger partial charge in [0.25, 0.3) is 0 Å². The van der Waals surface area contributed by atoms with Crippen molar-refractivity contribution in [2.45, 2.75) is 104 Å². The standard InChI is InChI=1S/C34H46N6O6/c1-9-18-39(31(43)45-33(3,4)5)23(2)20-29(41)37-27-16-14-24(21-35-27)12-13-25-15-17-28(36-22-25)38-30(42)26-11-10-19-40(26)32(44)46-34(6,7)8/h14-17,21-23,26H,9-11,18-20H2,1-8H3,(H,35,37,41)(H,36,38,42). The fourth-order valence-corrected chi connectivity index (χ4v) is 4.64. The van der Waals surface area contributed by atoms with E-state index in [1.807, 2.05) is 34.6 Å². The van der Waals surface area contributed by atoms with Crippen LogP contribution in [0.1, 0.15) is 92.2 Å². The molecule has 1 aliphatic heterocycles. The number of aromatic nitrogens is 2. The number of rotatable bonds is 8. The van der Waals surface area contributed by atoms with Crippen molar-refractivity contribution in [2.75, 3.05) is 23.7 Å². The Balaban J connectivity index is 1.53. The lowest BCUT2D eigenvalue weighted by molar-refractivity contribution is -0.120. The normalized spacial score (nSPS) is 15.2. The summed E-state index contributed by atoms with van der Waals surface area (Å²) in [6.07, 6.45) is 4.25. The zero-order valence-corrected chi connectivity index (χ0v) is 28.1. The second kappa shape index (κ2) is 15.6. The molecule has 0 aromatic carbocycles. The maximum Gasteiger partial charge on any atom is 0.410 e. The lowest BCUT2D eigenvalue weighted by atomic mass is 10.1. The molecular weight excluding hydrogens is 588 g/mol. The van der Waals surface area contributed by atoms with Gasteiger partial charge in [-0.2, -0.15) is 0 Å². The van der Waals surface area contributed by atoms with Crippen LogP contribution >= 0.6 is 0 Å². The van der Waals surface area contributed by atoms with E-state index in [9.17, 15) is 19.2 Å². The highest BCUT2D eigenvalue weighted by atomic mass is 16.6. The lowest BCUT2D eigenvalue weighted by Gasteiger charge is -2.31. The second-order valence-corrected chi connectivity index (χ2v) is 13.2. The molecule has 0 spiro atoms. The summed E-state index contributed by atoms with van der Waals surface area (Å²) in [5, 5.41) is 5.54. The van der Waals surface area contributed by atoms with E-state index in [1.54, 1.807) is 62.3 Å². The molecule has 2 N–H and O–H groups in total. The predicted octanol–water partition coefficient (Wildman–Crippen LogP) is 5.58. The van der Waals surface area contributed by atoms with Gasteiger partial charge in [0.15, 0.2) is 0 Å². The molecular formula is C34H46N6O6. The molecule has 1 aliphatic rings. The summed E-state index contributed by atoms with van der Waals surface area (Å²) < 4.78 is 10.9. The fourth-order valence-electron chi connectivity index (χ4n) is 4.64. The van der Waals surface area contributed by atoms with Gasteiger partial charge in [0.2, 0.25) is 11.8 Å². The van der Waals surface area contributed by atoms with Crippen molar-refractivity contribution in [2.24, 2.45) is 0 Å². The molecule has 0 radical (unpaired) electrons. The topological polar surface area (TPSA) is 143 Å². The van der Waals surface area contributed by atoms with Gasteiger partial charge in [-0.3, -0.25) is 14.5 Å². The first-order valence-electron chi connectivity index (χ1n) is 15.6. The van der Waals surface area contributed by atoms with Gasteiger partial charge in [0, 0.05) is 49.1 Å². The summed E-state index contributed by atoms with van der Waals surface area (Å²) in [6, 6.07) is 5.80. The van der Waals surface area contributed by atoms with Gasteiger partial charge in [-0.1, -0.05) is 18.8 Å². The fraction of sp³-hybridized carbons (Fsp3) is 0.529. The summed E-state index contributed by atoms with van der Waals surface area (Å²) in [7, 11) is 0. The van der Waals surface area contributed by atoms with Gasteiger partial charge in [-0.05, 0) is 92.0 Å². The van der Waals surface area contributed by atoms with Crippen LogP contribution in [0, 0.1) is 11.8 Å². The predicted molar refractivity (Wildman–Crippen MR) is 175 cm³/mol. The molecule has 2 aromatic heterocycles. The van der Waals surface area contributed by atoms with Crippen LogP contribution < -0.4 is 10.6 Å². The first kappa shape index (κ1) is 35.8. The van der Waals surface area contributed by atoms with Crippen molar-refractivity contribution < 1.29 is 28.7 Å². The van der Waals surface area contributed by atoms with Crippen molar-refractivity contribution in [1.82, 2.24) is 19.8 Å². The third-order valence-corrected chi connectivity index (χ3v) is 6.69. The molecule has 4 amide bonds. The number of pyridine rings is 2. The van der Waals surface area contributed by atoms with E-state index < -0.39 is 29.4 Å². The minimum Gasteiger partial charge on any atom is -0.444 e. The third-order valence-electron chi connectivity index (χ3n) is 6.69. The molecule has 0 aliphatic carbocycles. The van der Waals surface area contributed by atoms with Gasteiger partial charge in [-0.15, -0.1) is 0 Å². The second-order valence-electron chi connectivity index (χ2n) is 13.2. The van der Waals surface area contributed by atoms with Crippen molar-refractivity contribution in [3.8, 4) is 11.8 Å². The Morgan fingerprint density at radius 2 is 1.50 bits per heavy atom. The number of hydrogen-bond donors (Lipinski definition) is 2. The van der Waals surface area contributed by atoms with Crippen LogP contribution in [0.2, 0.25) is 0 Å². The van der Waals surface area contributed by atoms with Crippen LogP contribution in [-0.4, -0.2) is 80.1 Å². The largest absolute Gasteiger partial charge is 0.444 e. The Labute approximate surface area is 271 Å². The molecule has 2 aromatic rings. The van der Waals surface area contributed by atoms with E-state index in [4.69, 9.17) is 9.47 Å². The number of hydrogen-bond acceptors (Lipinski definition) is 8. The highest BCUT2D eigenvalue weighted by Gasteiger charge is 2.36. The summed E-state index contributed by atoms with van der Waals surface area (Å²) >= 11 is 0. The minimum absolute atomic E-state index is 0.0918. The van der Waals surface area contributed by atoms with Crippen LogP contribution in [0.5, 0.6) is 0 Å². The molecule has 1 saturated heterocycles. The van der Waals surface area contributed by atoms with Gasteiger partial charge in [0.1, 0.15) is 28.9 Å². The Bertz CT molecular complexity index is 1430. The molecule has 2 unspecified atom stereocenters. The maximum absolute atomic E-state index is 12.9. The van der Waals surface area contributed by atoms with Crippen LogP contribution in [0.15, 0.2) is 36.7 Å². The third kappa shape index (κ3) is 11.4. The molecule has 1 fully saturated rings. The minimum atomic E-state index is -0.645. The summed E-state index contributed by atoms with van der Waals surface area (Å²) in [4.78, 5) is 62.3. The number of amides is 4. The van der Waals surface area contributed by atoms with Crippen LogP contribution in [0.3, 0.4) is 0 Å². The van der Waals surface area contributed by atoms with E-state index in [2.05, 4.69) is 32.4 Å². The smallest absolute Gasteiger partial charge is 0.410 e. The van der Waals surface area contributed by atoms with E-state index in [-0.39, 0.29) is 24.3 Å². The lowest BCUT2D eigenvalue weighted by Crippen LogP contribution is -2.45. The summed E-state index contributed by atoms with van der Waals surface area (Å²) in [6.45, 7) is 15.5. The number of anilines is 2. The zero-order valence-electron chi connectivity index (χ0n) is 28.1. The van der Waals surface area contributed by atoms with Gasteiger partial charge < -0.3 is 25.0 Å². The van der Waals surface area contributed by atoms with E-state index in [1.165, 1.54) is 4.90 Å². The van der Waals surface area contributed by atoms with Gasteiger partial charge in [-0.25, -0.2) is 19.6 Å². The maximum atomic E-state index is 12.9. The van der Waals surface area contributed by atoms with Crippen molar-refractivity contribution in [3.63, 3.8) is 0 Å². The first-order chi connectivity index (χ1) is 21.5. The molecule has 46 heavy (non-hydrogen) atoms. The van der Waals surface area contributed by atoms with Crippen LogP contribution in [-0.2, 0) is 19.1 Å². The quantitative estimate of drug-likeness (QED) is 0.359. The van der Waals surface area contributed by atoms with Crippen molar-refractivity contribution in [3.05, 3.63) is 47.8 Å². The molecule has 0 bridgehead atoms. The molecule has 12 heteroatoms. The number of nitrogens with one attached hydrogen (secondary N) is 2. The molecule has 3 rings (SSSR count). The average Bonchev–Trinajstić information content (AvgIpc) is 3.45. The highest BCUT2D eigenvalue weighted by molar-refractivity contribution is 5.96. The number of nitrogens with zero attached hydrogens (tertiary/aromatic N) is 4. The zero-order chi connectivity index (χ0) is 34.1. The van der Waals surface area contributed by atoms with E-state index in [0.717, 1.165) is 6.42 Å². The molecule has 2 atom stereocenters. The van der Waals surface area contributed by atoms with Crippen LogP contribution in [0.4, 0.5) is 21.2 Å². The first-order valence-corrected chi connectivity index (χ1v) is 15.6. The number of likely N-dealkylation sites (tertiary alicyclic amines) is 1. The Kier molecular flexibility index (Phi) is 12.1. The number of carbonyl (C=O) groups excluding carboxylic acids is 4. The molecule has 248 valence electrons. The molecule has 0 saturated carbocycles. The number of ether oxygens (including phenoxy) is 2. The summed E-state index contributed by atoms with van der Waals surface area (Å²) in [5.41, 5.74) is -0.0110. The Morgan fingerprint density at radius 3 is 2.00 bits per heavy atom. The Hall–Kier alpha value is -4.66.